The molecule has 0 saturated carbocycles. The summed E-state index contributed by atoms with van der Waals surface area (Å²) in [5, 5.41) is 0.830. The molecule has 0 N–H and O–H groups in total. The molecule has 0 aromatic carbocycles. The van der Waals surface area contributed by atoms with Gasteiger partial charge in [-0.3, -0.25) is 0 Å². The van der Waals surface area contributed by atoms with E-state index in [-0.39, 0.29) is 0 Å². The van der Waals surface area contributed by atoms with Crippen LogP contribution in [0.2, 0.25) is 10.3 Å². The fourth-order valence-electron chi connectivity index (χ4n) is 1.38. The molecule has 0 aliphatic rings. The highest BCUT2D eigenvalue weighted by Gasteiger charge is 2.08. The van der Waals surface area contributed by atoms with Gasteiger partial charge < -0.3 is 4.74 Å². The predicted molar refractivity (Wildman–Crippen MR) is 64.0 cm³/mol. The Morgan fingerprint density at radius 2 is 1.88 bits per heavy atom. The van der Waals surface area contributed by atoms with Crippen LogP contribution in [0.15, 0.2) is 30.6 Å². The smallest absolute Gasteiger partial charge is 0.145 e. The summed E-state index contributed by atoms with van der Waals surface area (Å²) in [6, 6.07) is 5.31. The Morgan fingerprint density at radius 3 is 2.56 bits per heavy atom. The molecule has 3 nitrogen and oxygen atoms in total. The Morgan fingerprint density at radius 1 is 1.12 bits per heavy atom. The SMILES string of the molecule is COc1cnc(Cl)cc1-c1ccnc(Cl)c1. The van der Waals surface area contributed by atoms with Crippen LogP contribution in [0.1, 0.15) is 0 Å². The Hall–Kier alpha value is -1.32. The number of hydrogen-bond donors (Lipinski definition) is 0. The molecule has 2 rings (SSSR count). The van der Waals surface area contributed by atoms with Crippen LogP contribution in [0, 0.1) is 0 Å². The quantitative estimate of drug-likeness (QED) is 0.771. The predicted octanol–water partition coefficient (Wildman–Crippen LogP) is 3.46. The lowest BCUT2D eigenvalue weighted by Crippen LogP contribution is -1.90. The van der Waals surface area contributed by atoms with Crippen molar-refractivity contribution in [1.29, 1.82) is 0 Å². The lowest BCUT2D eigenvalue weighted by atomic mass is 10.1. The van der Waals surface area contributed by atoms with Crippen LogP contribution in [-0.4, -0.2) is 17.1 Å². The Balaban J connectivity index is 2.58. The van der Waals surface area contributed by atoms with Crippen LogP contribution in [0.4, 0.5) is 0 Å². The highest BCUT2D eigenvalue weighted by atomic mass is 35.5. The maximum atomic E-state index is 5.85. The van der Waals surface area contributed by atoms with Crippen molar-refractivity contribution in [2.24, 2.45) is 0 Å². The molecule has 2 aromatic rings. The minimum absolute atomic E-state index is 0.406. The van der Waals surface area contributed by atoms with E-state index in [4.69, 9.17) is 27.9 Å². The van der Waals surface area contributed by atoms with Crippen molar-refractivity contribution in [2.75, 3.05) is 7.11 Å². The Labute approximate surface area is 103 Å². The summed E-state index contributed by atoms with van der Waals surface area (Å²) in [6.45, 7) is 0. The van der Waals surface area contributed by atoms with Crippen molar-refractivity contribution in [3.05, 3.63) is 40.9 Å². The molecule has 5 heteroatoms. The van der Waals surface area contributed by atoms with Gasteiger partial charge in [-0.05, 0) is 23.8 Å². The molecular weight excluding hydrogens is 247 g/mol. The van der Waals surface area contributed by atoms with E-state index in [1.54, 1.807) is 31.6 Å². The second-order valence-electron chi connectivity index (χ2n) is 3.07. The van der Waals surface area contributed by atoms with Gasteiger partial charge in [0.15, 0.2) is 0 Å². The molecule has 0 aliphatic heterocycles. The first-order chi connectivity index (χ1) is 7.70. The molecule has 0 saturated heterocycles. The molecule has 2 aromatic heterocycles. The zero-order valence-corrected chi connectivity index (χ0v) is 9.96. The standard InChI is InChI=1S/C11H8Cl2N2O/c1-16-9-6-15-11(13)5-8(9)7-2-3-14-10(12)4-7/h2-6H,1H3. The van der Waals surface area contributed by atoms with E-state index in [1.165, 1.54) is 0 Å². The summed E-state index contributed by atoms with van der Waals surface area (Å²) in [4.78, 5) is 7.87. The van der Waals surface area contributed by atoms with E-state index in [2.05, 4.69) is 9.97 Å². The number of pyridine rings is 2. The van der Waals surface area contributed by atoms with Gasteiger partial charge in [0, 0.05) is 11.8 Å². The van der Waals surface area contributed by atoms with Gasteiger partial charge in [0.1, 0.15) is 16.1 Å². The van der Waals surface area contributed by atoms with Crippen molar-refractivity contribution in [3.63, 3.8) is 0 Å². The number of hydrogen-bond acceptors (Lipinski definition) is 3. The molecule has 0 aliphatic carbocycles. The first-order valence-electron chi connectivity index (χ1n) is 4.52. The highest BCUT2D eigenvalue weighted by molar-refractivity contribution is 6.30. The zero-order chi connectivity index (χ0) is 11.5. The van der Waals surface area contributed by atoms with E-state index < -0.39 is 0 Å². The third kappa shape index (κ3) is 2.26. The van der Waals surface area contributed by atoms with Gasteiger partial charge in [-0.1, -0.05) is 23.2 Å². The molecule has 0 unspecified atom stereocenters. The highest BCUT2D eigenvalue weighted by Crippen LogP contribution is 2.31. The lowest BCUT2D eigenvalue weighted by molar-refractivity contribution is 0.414. The number of methoxy groups -OCH3 is 1. The topological polar surface area (TPSA) is 35.0 Å². The molecule has 0 amide bonds. The molecular formula is C11H8Cl2N2O. The Bertz CT molecular complexity index is 517. The molecule has 0 bridgehead atoms. The van der Waals surface area contributed by atoms with Crippen LogP contribution < -0.4 is 4.74 Å². The summed E-state index contributed by atoms with van der Waals surface area (Å²) in [6.07, 6.45) is 3.21. The molecule has 0 spiro atoms. The van der Waals surface area contributed by atoms with Gasteiger partial charge in [-0.15, -0.1) is 0 Å². The summed E-state index contributed by atoms with van der Waals surface area (Å²) in [7, 11) is 1.58. The van der Waals surface area contributed by atoms with Crippen molar-refractivity contribution < 1.29 is 4.74 Å². The average molecular weight is 255 g/mol. The van der Waals surface area contributed by atoms with Gasteiger partial charge in [0.05, 0.1) is 13.3 Å². The van der Waals surface area contributed by atoms with E-state index in [0.717, 1.165) is 11.1 Å². The fourth-order valence-corrected chi connectivity index (χ4v) is 1.71. The van der Waals surface area contributed by atoms with Crippen LogP contribution in [0.3, 0.4) is 0 Å². The van der Waals surface area contributed by atoms with Crippen molar-refractivity contribution >= 4 is 23.2 Å². The van der Waals surface area contributed by atoms with Crippen molar-refractivity contribution in [1.82, 2.24) is 9.97 Å². The monoisotopic (exact) mass is 254 g/mol. The van der Waals surface area contributed by atoms with Gasteiger partial charge in [-0.2, -0.15) is 0 Å². The summed E-state index contributed by atoms with van der Waals surface area (Å²) in [5.41, 5.74) is 1.73. The van der Waals surface area contributed by atoms with Gasteiger partial charge in [0.2, 0.25) is 0 Å². The first-order valence-corrected chi connectivity index (χ1v) is 5.28. The van der Waals surface area contributed by atoms with Crippen LogP contribution in [0.25, 0.3) is 11.1 Å². The molecule has 0 fully saturated rings. The van der Waals surface area contributed by atoms with Crippen LogP contribution in [0.5, 0.6) is 5.75 Å². The van der Waals surface area contributed by atoms with E-state index in [1.807, 2.05) is 6.07 Å². The molecule has 16 heavy (non-hydrogen) atoms. The number of ether oxygens (including phenoxy) is 1. The molecule has 2 heterocycles. The van der Waals surface area contributed by atoms with Gasteiger partial charge in [0.25, 0.3) is 0 Å². The Kier molecular flexibility index (Phi) is 3.27. The molecule has 82 valence electrons. The van der Waals surface area contributed by atoms with Gasteiger partial charge in [-0.25, -0.2) is 9.97 Å². The largest absolute Gasteiger partial charge is 0.494 e. The van der Waals surface area contributed by atoms with E-state index in [0.29, 0.717) is 16.1 Å². The second-order valence-corrected chi connectivity index (χ2v) is 3.85. The number of halogens is 2. The lowest BCUT2D eigenvalue weighted by Gasteiger charge is -2.08. The maximum Gasteiger partial charge on any atom is 0.145 e. The van der Waals surface area contributed by atoms with E-state index >= 15 is 0 Å². The fraction of sp³-hybridized carbons (Fsp3) is 0.0909. The van der Waals surface area contributed by atoms with Crippen molar-refractivity contribution in [2.45, 2.75) is 0 Å². The third-order valence-electron chi connectivity index (χ3n) is 2.09. The van der Waals surface area contributed by atoms with Gasteiger partial charge >= 0.3 is 0 Å². The third-order valence-corrected chi connectivity index (χ3v) is 2.50. The first kappa shape index (κ1) is 11.2. The average Bonchev–Trinajstić information content (AvgIpc) is 2.29. The summed E-state index contributed by atoms with van der Waals surface area (Å²) in [5.74, 6) is 0.645. The second kappa shape index (κ2) is 4.68. The maximum absolute atomic E-state index is 5.85. The summed E-state index contributed by atoms with van der Waals surface area (Å²) < 4.78 is 5.21. The van der Waals surface area contributed by atoms with E-state index in [9.17, 15) is 0 Å². The zero-order valence-electron chi connectivity index (χ0n) is 8.45. The van der Waals surface area contributed by atoms with Crippen LogP contribution >= 0.6 is 23.2 Å². The molecule has 0 atom stereocenters. The normalized spacial score (nSPS) is 10.2. The van der Waals surface area contributed by atoms with Crippen LogP contribution in [-0.2, 0) is 0 Å². The minimum atomic E-state index is 0.406. The number of nitrogens with zero attached hydrogens (tertiary/aromatic N) is 2. The molecule has 0 radical (unpaired) electrons. The summed E-state index contributed by atoms with van der Waals surface area (Å²) >= 11 is 11.7. The minimum Gasteiger partial charge on any atom is -0.494 e. The number of aromatic nitrogens is 2. The van der Waals surface area contributed by atoms with Crippen molar-refractivity contribution in [3.8, 4) is 16.9 Å². The number of rotatable bonds is 2.